The summed E-state index contributed by atoms with van der Waals surface area (Å²) in [5.41, 5.74) is 5.60. The number of carbonyl (C=O) groups is 1. The predicted octanol–water partition coefficient (Wildman–Crippen LogP) is 7.92. The molecule has 184 valence electrons. The zero-order valence-electron chi connectivity index (χ0n) is 21.3. The van der Waals surface area contributed by atoms with Crippen molar-refractivity contribution in [1.82, 2.24) is 4.98 Å². The van der Waals surface area contributed by atoms with E-state index in [-0.39, 0.29) is 11.7 Å². The number of aryl methyl sites for hydroxylation is 1. The predicted molar refractivity (Wildman–Crippen MR) is 144 cm³/mol. The molecule has 0 saturated heterocycles. The van der Waals surface area contributed by atoms with Gasteiger partial charge in [0, 0.05) is 23.5 Å². The smallest absolute Gasteiger partial charge is 0.169 e. The number of hydrogen-bond donors (Lipinski definition) is 2. The lowest BCUT2D eigenvalue weighted by molar-refractivity contribution is 0.0968. The quantitative estimate of drug-likeness (QED) is 0.328. The van der Waals surface area contributed by atoms with Crippen LogP contribution in [0.15, 0.2) is 42.6 Å². The Balaban J connectivity index is 1.50. The van der Waals surface area contributed by atoms with Crippen LogP contribution in [-0.4, -0.2) is 21.9 Å². The summed E-state index contributed by atoms with van der Waals surface area (Å²) in [4.78, 5) is 18.0. The van der Waals surface area contributed by atoms with Gasteiger partial charge in [-0.05, 0) is 98.2 Å². The van der Waals surface area contributed by atoms with Gasteiger partial charge in [-0.3, -0.25) is 9.78 Å². The van der Waals surface area contributed by atoms with Crippen LogP contribution in [0.3, 0.4) is 0 Å². The molecule has 1 heterocycles. The van der Waals surface area contributed by atoms with E-state index in [1.165, 1.54) is 25.7 Å². The summed E-state index contributed by atoms with van der Waals surface area (Å²) in [5, 5.41) is 14.8. The van der Waals surface area contributed by atoms with Crippen LogP contribution in [0, 0.1) is 24.7 Å². The van der Waals surface area contributed by atoms with Crippen LogP contribution in [0.5, 0.6) is 5.75 Å². The molecule has 1 aromatic heterocycles. The lowest BCUT2D eigenvalue weighted by atomic mass is 9.76. The zero-order valence-corrected chi connectivity index (χ0v) is 21.3. The molecular formula is C31H38N2O2. The maximum Gasteiger partial charge on any atom is 0.169 e. The van der Waals surface area contributed by atoms with E-state index in [4.69, 9.17) is 0 Å². The number of pyridine rings is 1. The molecule has 2 aromatic carbocycles. The minimum absolute atomic E-state index is 0.156. The van der Waals surface area contributed by atoms with Crippen molar-refractivity contribution in [3.63, 3.8) is 0 Å². The van der Waals surface area contributed by atoms with E-state index >= 15 is 0 Å². The van der Waals surface area contributed by atoms with E-state index in [0.717, 1.165) is 76.4 Å². The standard InChI is InChI=1S/C31H38N2O2/c1-4-20(5-2)21-8-12-25(13-9-21)33-30-26-17-24(23-11-15-29(34)19(3)16-23)10-14-28(26)32-18-27(30)31(35)22-6-7-22/h10-11,14-18,20-22,25,34H,4-9,12-13H2,1-3H3,(H,32,33). The third kappa shape index (κ3) is 4.94. The average molecular weight is 471 g/mol. The molecule has 0 aliphatic heterocycles. The van der Waals surface area contributed by atoms with E-state index in [1.54, 1.807) is 12.3 Å². The number of nitrogens with one attached hydrogen (secondary N) is 1. The minimum atomic E-state index is 0.156. The second kappa shape index (κ2) is 10.0. The van der Waals surface area contributed by atoms with Crippen molar-refractivity contribution in [3.05, 3.63) is 53.7 Å². The Kier molecular flexibility index (Phi) is 6.82. The SMILES string of the molecule is CCC(CC)C1CCC(Nc2c(C(=O)C3CC3)cnc3ccc(-c4ccc(O)c(C)c4)cc23)CC1. The molecule has 4 heteroatoms. The van der Waals surface area contributed by atoms with E-state index in [1.807, 2.05) is 25.1 Å². The van der Waals surface area contributed by atoms with Crippen LogP contribution < -0.4 is 5.32 Å². The van der Waals surface area contributed by atoms with Gasteiger partial charge in [-0.15, -0.1) is 0 Å². The van der Waals surface area contributed by atoms with E-state index < -0.39 is 0 Å². The Bertz CT molecular complexity index is 1220. The van der Waals surface area contributed by atoms with Crippen molar-refractivity contribution in [2.75, 3.05) is 5.32 Å². The monoisotopic (exact) mass is 470 g/mol. The van der Waals surface area contributed by atoms with Crippen molar-refractivity contribution in [1.29, 1.82) is 0 Å². The highest BCUT2D eigenvalue weighted by atomic mass is 16.3. The fourth-order valence-corrected chi connectivity index (χ4v) is 6.01. The summed E-state index contributed by atoms with van der Waals surface area (Å²) in [5.74, 6) is 2.36. The zero-order chi connectivity index (χ0) is 24.5. The first kappa shape index (κ1) is 23.8. The van der Waals surface area contributed by atoms with Gasteiger partial charge in [0.2, 0.25) is 0 Å². The molecule has 0 atom stereocenters. The second-order valence-corrected chi connectivity index (χ2v) is 10.8. The van der Waals surface area contributed by atoms with E-state index in [2.05, 4.69) is 36.3 Å². The van der Waals surface area contributed by atoms with Crippen LogP contribution in [0.4, 0.5) is 5.69 Å². The summed E-state index contributed by atoms with van der Waals surface area (Å²) in [6, 6.07) is 12.4. The summed E-state index contributed by atoms with van der Waals surface area (Å²) in [6.45, 7) is 6.56. The summed E-state index contributed by atoms with van der Waals surface area (Å²) < 4.78 is 0. The van der Waals surface area contributed by atoms with E-state index in [0.29, 0.717) is 11.8 Å². The summed E-state index contributed by atoms with van der Waals surface area (Å²) in [6.07, 6.45) is 11.1. The highest BCUT2D eigenvalue weighted by Crippen LogP contribution is 2.40. The van der Waals surface area contributed by atoms with Gasteiger partial charge in [-0.1, -0.05) is 38.8 Å². The first-order valence-electron chi connectivity index (χ1n) is 13.5. The number of ketones is 1. The fourth-order valence-electron chi connectivity index (χ4n) is 6.01. The Morgan fingerprint density at radius 3 is 2.34 bits per heavy atom. The number of phenolic OH excluding ortho intramolecular Hbond substituents is 1. The molecule has 35 heavy (non-hydrogen) atoms. The number of phenols is 1. The fraction of sp³-hybridized carbons (Fsp3) is 0.484. The number of benzene rings is 2. The van der Waals surface area contributed by atoms with Crippen LogP contribution in [0.1, 0.15) is 81.1 Å². The molecule has 0 radical (unpaired) electrons. The first-order chi connectivity index (χ1) is 17.0. The van der Waals surface area contributed by atoms with Gasteiger partial charge in [0.05, 0.1) is 16.8 Å². The van der Waals surface area contributed by atoms with Gasteiger partial charge in [0.25, 0.3) is 0 Å². The number of Topliss-reactive ketones (excluding diaryl/α,β-unsaturated/α-hetero) is 1. The molecule has 2 aliphatic rings. The number of anilines is 1. The third-order valence-electron chi connectivity index (χ3n) is 8.45. The summed E-state index contributed by atoms with van der Waals surface area (Å²) >= 11 is 0. The molecule has 0 amide bonds. The molecular weight excluding hydrogens is 432 g/mol. The molecule has 0 bridgehead atoms. The molecule has 2 saturated carbocycles. The van der Waals surface area contributed by atoms with Gasteiger partial charge in [0.1, 0.15) is 5.75 Å². The number of carbonyl (C=O) groups excluding carboxylic acids is 1. The molecule has 0 unspecified atom stereocenters. The molecule has 0 spiro atoms. The molecule has 4 nitrogen and oxygen atoms in total. The van der Waals surface area contributed by atoms with Crippen molar-refractivity contribution in [3.8, 4) is 16.9 Å². The molecule has 2 fully saturated rings. The van der Waals surface area contributed by atoms with Gasteiger partial charge >= 0.3 is 0 Å². The Hall–Kier alpha value is -2.88. The normalized spacial score (nSPS) is 20.3. The number of rotatable bonds is 8. The second-order valence-electron chi connectivity index (χ2n) is 10.8. The Morgan fingerprint density at radius 1 is 1.00 bits per heavy atom. The van der Waals surface area contributed by atoms with Crippen molar-refractivity contribution in [2.24, 2.45) is 17.8 Å². The highest BCUT2D eigenvalue weighted by molar-refractivity contribution is 6.10. The van der Waals surface area contributed by atoms with Crippen LogP contribution in [-0.2, 0) is 0 Å². The van der Waals surface area contributed by atoms with Crippen LogP contribution in [0.25, 0.3) is 22.0 Å². The Labute approximate surface area is 209 Å². The number of aromatic hydroxyl groups is 1. The lowest BCUT2D eigenvalue weighted by Crippen LogP contribution is -2.29. The topological polar surface area (TPSA) is 62.2 Å². The van der Waals surface area contributed by atoms with Gasteiger partial charge < -0.3 is 10.4 Å². The number of nitrogens with zero attached hydrogens (tertiary/aromatic N) is 1. The molecule has 5 rings (SSSR count). The first-order valence-corrected chi connectivity index (χ1v) is 13.5. The largest absolute Gasteiger partial charge is 0.508 e. The maximum atomic E-state index is 13.3. The number of aromatic nitrogens is 1. The van der Waals surface area contributed by atoms with Gasteiger partial charge in [0.15, 0.2) is 5.78 Å². The van der Waals surface area contributed by atoms with Crippen molar-refractivity contribution < 1.29 is 9.90 Å². The van der Waals surface area contributed by atoms with Crippen LogP contribution in [0.2, 0.25) is 0 Å². The van der Waals surface area contributed by atoms with Crippen molar-refractivity contribution >= 4 is 22.4 Å². The molecule has 3 aromatic rings. The Morgan fingerprint density at radius 2 is 1.69 bits per heavy atom. The van der Waals surface area contributed by atoms with Gasteiger partial charge in [-0.25, -0.2) is 0 Å². The van der Waals surface area contributed by atoms with E-state index in [9.17, 15) is 9.90 Å². The minimum Gasteiger partial charge on any atom is -0.508 e. The maximum absolute atomic E-state index is 13.3. The van der Waals surface area contributed by atoms with Crippen LogP contribution >= 0.6 is 0 Å². The van der Waals surface area contributed by atoms with Gasteiger partial charge in [-0.2, -0.15) is 0 Å². The summed E-state index contributed by atoms with van der Waals surface area (Å²) in [7, 11) is 0. The lowest BCUT2D eigenvalue weighted by Gasteiger charge is -2.34. The average Bonchev–Trinajstić information content (AvgIpc) is 3.73. The molecule has 2 N–H and O–H groups in total. The number of fused-ring (bicyclic) bond motifs is 1. The third-order valence-corrected chi connectivity index (χ3v) is 8.45. The molecule has 2 aliphatic carbocycles. The number of hydrogen-bond acceptors (Lipinski definition) is 4. The van der Waals surface area contributed by atoms with Crippen molar-refractivity contribution in [2.45, 2.75) is 78.2 Å². The highest BCUT2D eigenvalue weighted by Gasteiger charge is 2.33.